The van der Waals surface area contributed by atoms with Gasteiger partial charge in [0.05, 0.1) is 0 Å². The Kier molecular flexibility index (Phi) is 5.58. The predicted molar refractivity (Wildman–Crippen MR) is 84.1 cm³/mol. The van der Waals surface area contributed by atoms with Crippen LogP contribution in [0.2, 0.25) is 5.02 Å². The van der Waals surface area contributed by atoms with Crippen molar-refractivity contribution >= 4 is 24.2 Å². The fraction of sp³-hybridized carbons (Fsp3) is 0.600. The van der Waals surface area contributed by atoms with E-state index in [4.69, 9.17) is 16.3 Å². The molecule has 0 saturated carbocycles. The smallest absolute Gasteiger partial charge is 0.0472 e. The highest BCUT2D eigenvalue weighted by atomic mass is 35.5. The lowest BCUT2D eigenvalue weighted by Crippen LogP contribution is -2.41. The van der Waals surface area contributed by atoms with Crippen molar-refractivity contribution in [2.24, 2.45) is 5.41 Å². The third-order valence-corrected chi connectivity index (χ3v) is 4.78. The van der Waals surface area contributed by atoms with E-state index in [9.17, 15) is 0 Å². The molecule has 1 aromatic carbocycles. The monoisotopic (exact) mass is 299 g/mol. The number of hydrogen-bond acceptors (Lipinski definition) is 3. The zero-order valence-electron chi connectivity index (χ0n) is 11.4. The summed E-state index contributed by atoms with van der Waals surface area (Å²) in [5.74, 6) is 0.932. The first kappa shape index (κ1) is 15.2. The highest BCUT2D eigenvalue weighted by Gasteiger charge is 2.32. The normalized spacial score (nSPS) is 18.7. The molecule has 0 radical (unpaired) electrons. The lowest BCUT2D eigenvalue weighted by atomic mass is 9.81. The summed E-state index contributed by atoms with van der Waals surface area (Å²) in [6.07, 6.45) is 2.23. The second kappa shape index (κ2) is 6.98. The van der Waals surface area contributed by atoms with Gasteiger partial charge in [0.2, 0.25) is 0 Å². The summed E-state index contributed by atoms with van der Waals surface area (Å²) in [7, 11) is 2.18. The van der Waals surface area contributed by atoms with Gasteiger partial charge in [-0.2, -0.15) is 12.6 Å². The SMILES string of the molecule is CN(Cc1ccc(Cl)cc1)CC1(CS)CCOCC1. The molecule has 0 bridgehead atoms. The quantitative estimate of drug-likeness (QED) is 0.836. The van der Waals surface area contributed by atoms with E-state index in [0.29, 0.717) is 5.41 Å². The number of nitrogens with zero attached hydrogens (tertiary/aromatic N) is 1. The molecule has 106 valence electrons. The second-order valence-corrected chi connectivity index (χ2v) is 6.32. The Morgan fingerprint density at radius 3 is 2.47 bits per heavy atom. The van der Waals surface area contributed by atoms with E-state index in [0.717, 1.165) is 49.9 Å². The standard InChI is InChI=1S/C15H22ClNOS/c1-17(10-13-2-4-14(16)5-3-13)11-15(12-19)6-8-18-9-7-15/h2-5,19H,6-12H2,1H3. The summed E-state index contributed by atoms with van der Waals surface area (Å²) >= 11 is 10.5. The Morgan fingerprint density at radius 2 is 1.89 bits per heavy atom. The number of halogens is 1. The van der Waals surface area contributed by atoms with Crippen LogP contribution in [0.15, 0.2) is 24.3 Å². The van der Waals surface area contributed by atoms with Gasteiger partial charge in [-0.25, -0.2) is 0 Å². The fourth-order valence-corrected chi connectivity index (χ4v) is 3.24. The van der Waals surface area contributed by atoms with Gasteiger partial charge < -0.3 is 9.64 Å². The molecule has 0 amide bonds. The molecule has 0 N–H and O–H groups in total. The first-order valence-corrected chi connectivity index (χ1v) is 7.76. The van der Waals surface area contributed by atoms with Crippen LogP contribution in [0.25, 0.3) is 0 Å². The molecule has 1 aliphatic rings. The molecule has 0 atom stereocenters. The summed E-state index contributed by atoms with van der Waals surface area (Å²) < 4.78 is 5.47. The van der Waals surface area contributed by atoms with Crippen LogP contribution in [0.4, 0.5) is 0 Å². The van der Waals surface area contributed by atoms with Crippen molar-refractivity contribution in [2.45, 2.75) is 19.4 Å². The Balaban J connectivity index is 1.92. The van der Waals surface area contributed by atoms with Crippen LogP contribution in [0.3, 0.4) is 0 Å². The van der Waals surface area contributed by atoms with Crippen LogP contribution in [0.5, 0.6) is 0 Å². The van der Waals surface area contributed by atoms with E-state index in [1.54, 1.807) is 0 Å². The van der Waals surface area contributed by atoms with E-state index < -0.39 is 0 Å². The lowest BCUT2D eigenvalue weighted by molar-refractivity contribution is 0.0105. The highest BCUT2D eigenvalue weighted by molar-refractivity contribution is 7.80. The van der Waals surface area contributed by atoms with E-state index in [2.05, 4.69) is 36.7 Å². The molecular formula is C15H22ClNOS. The van der Waals surface area contributed by atoms with Gasteiger partial charge in [-0.1, -0.05) is 23.7 Å². The Morgan fingerprint density at radius 1 is 1.26 bits per heavy atom. The molecule has 0 aliphatic carbocycles. The van der Waals surface area contributed by atoms with Crippen LogP contribution in [-0.4, -0.2) is 37.5 Å². The minimum absolute atomic E-state index is 0.308. The Labute approximate surface area is 126 Å². The first-order valence-electron chi connectivity index (χ1n) is 6.75. The summed E-state index contributed by atoms with van der Waals surface area (Å²) in [5, 5.41) is 0.794. The second-order valence-electron chi connectivity index (χ2n) is 5.57. The molecule has 19 heavy (non-hydrogen) atoms. The Hall–Kier alpha value is -0.220. The van der Waals surface area contributed by atoms with Crippen LogP contribution >= 0.6 is 24.2 Å². The zero-order valence-corrected chi connectivity index (χ0v) is 13.1. The van der Waals surface area contributed by atoms with Crippen molar-refractivity contribution in [3.05, 3.63) is 34.9 Å². The molecule has 0 spiro atoms. The van der Waals surface area contributed by atoms with Crippen LogP contribution in [0.1, 0.15) is 18.4 Å². The molecule has 1 saturated heterocycles. The van der Waals surface area contributed by atoms with Gasteiger partial charge in [-0.3, -0.25) is 0 Å². The molecule has 0 aromatic heterocycles. The van der Waals surface area contributed by atoms with Gasteiger partial charge in [-0.15, -0.1) is 0 Å². The highest BCUT2D eigenvalue weighted by Crippen LogP contribution is 2.32. The summed E-state index contributed by atoms with van der Waals surface area (Å²) in [6.45, 7) is 3.76. The molecule has 1 aromatic rings. The van der Waals surface area contributed by atoms with E-state index in [1.165, 1.54) is 5.56 Å². The lowest BCUT2D eigenvalue weighted by Gasteiger charge is -2.39. The van der Waals surface area contributed by atoms with Crippen molar-refractivity contribution in [1.29, 1.82) is 0 Å². The summed E-state index contributed by atoms with van der Waals surface area (Å²) in [4.78, 5) is 2.38. The first-order chi connectivity index (χ1) is 9.13. The van der Waals surface area contributed by atoms with Crippen molar-refractivity contribution < 1.29 is 4.74 Å². The van der Waals surface area contributed by atoms with Crippen molar-refractivity contribution in [1.82, 2.24) is 4.90 Å². The number of benzene rings is 1. The van der Waals surface area contributed by atoms with Gasteiger partial charge in [0, 0.05) is 31.3 Å². The maximum absolute atomic E-state index is 5.91. The van der Waals surface area contributed by atoms with Crippen LogP contribution < -0.4 is 0 Å². The largest absolute Gasteiger partial charge is 0.381 e. The van der Waals surface area contributed by atoms with Gasteiger partial charge in [0.25, 0.3) is 0 Å². The number of ether oxygens (including phenoxy) is 1. The van der Waals surface area contributed by atoms with Gasteiger partial charge in [0.1, 0.15) is 0 Å². The van der Waals surface area contributed by atoms with Crippen molar-refractivity contribution in [2.75, 3.05) is 32.6 Å². The molecule has 0 unspecified atom stereocenters. The molecule has 4 heteroatoms. The molecule has 1 aliphatic heterocycles. The number of rotatable bonds is 5. The van der Waals surface area contributed by atoms with Crippen LogP contribution in [0, 0.1) is 5.41 Å². The topological polar surface area (TPSA) is 12.5 Å². The zero-order chi connectivity index (χ0) is 13.7. The maximum atomic E-state index is 5.91. The summed E-state index contributed by atoms with van der Waals surface area (Å²) in [5.41, 5.74) is 1.61. The predicted octanol–water partition coefficient (Wildman–Crippen LogP) is 3.50. The maximum Gasteiger partial charge on any atom is 0.0472 e. The molecular weight excluding hydrogens is 278 g/mol. The third-order valence-electron chi connectivity index (χ3n) is 3.86. The minimum atomic E-state index is 0.308. The average molecular weight is 300 g/mol. The van der Waals surface area contributed by atoms with Crippen molar-refractivity contribution in [3.63, 3.8) is 0 Å². The molecule has 2 rings (SSSR count). The van der Waals surface area contributed by atoms with E-state index >= 15 is 0 Å². The molecule has 2 nitrogen and oxygen atoms in total. The van der Waals surface area contributed by atoms with Gasteiger partial charge >= 0.3 is 0 Å². The third kappa shape index (κ3) is 4.38. The van der Waals surface area contributed by atoms with Crippen LogP contribution in [-0.2, 0) is 11.3 Å². The van der Waals surface area contributed by atoms with Gasteiger partial charge in [0.15, 0.2) is 0 Å². The minimum Gasteiger partial charge on any atom is -0.381 e. The Bertz CT molecular complexity index is 390. The molecule has 1 fully saturated rings. The number of thiol groups is 1. The van der Waals surface area contributed by atoms with Crippen molar-refractivity contribution in [3.8, 4) is 0 Å². The van der Waals surface area contributed by atoms with Gasteiger partial charge in [-0.05, 0) is 48.8 Å². The van der Waals surface area contributed by atoms with E-state index in [-0.39, 0.29) is 0 Å². The molecule has 1 heterocycles. The average Bonchev–Trinajstić information content (AvgIpc) is 2.42. The fourth-order valence-electron chi connectivity index (χ4n) is 2.70. The number of hydrogen-bond donors (Lipinski definition) is 1. The summed E-state index contributed by atoms with van der Waals surface area (Å²) in [6, 6.07) is 8.09. The van der Waals surface area contributed by atoms with E-state index in [1.807, 2.05) is 12.1 Å².